The fourth-order valence-corrected chi connectivity index (χ4v) is 6.58. The summed E-state index contributed by atoms with van der Waals surface area (Å²) < 4.78 is 1.20. The number of amides is 2. The second kappa shape index (κ2) is 10.0. The second-order valence-corrected chi connectivity index (χ2v) is 8.86. The Hall–Kier alpha value is -1.16. The van der Waals surface area contributed by atoms with Crippen LogP contribution < -0.4 is 16.0 Å². The fraction of sp³-hybridized carbons (Fsp3) is 0.167. The number of nitrogens with two attached hydrogens (primary N) is 1. The first-order chi connectivity index (χ1) is 13.2. The molecule has 0 bridgehead atoms. The summed E-state index contributed by atoms with van der Waals surface area (Å²) >= 11 is 5.70. The Balaban J connectivity index is 2.61. The minimum absolute atomic E-state index is 0.00165. The van der Waals surface area contributed by atoms with Gasteiger partial charge >= 0.3 is 5.97 Å². The SMILES string of the molecule is CNC(=O)CCN(C(=O)c1c(I)c(N)c(I)c(C(=O)O)c1I)c1ccccc1. The van der Waals surface area contributed by atoms with Crippen molar-refractivity contribution in [3.63, 3.8) is 0 Å². The Morgan fingerprint density at radius 1 is 1.04 bits per heavy atom. The highest BCUT2D eigenvalue weighted by Gasteiger charge is 2.29. The maximum absolute atomic E-state index is 13.5. The number of carbonyl (C=O) groups excluding carboxylic acids is 2. The molecule has 0 aliphatic heterocycles. The summed E-state index contributed by atoms with van der Waals surface area (Å²) in [5.74, 6) is -1.76. The number of nitrogen functional groups attached to an aromatic ring is 1. The summed E-state index contributed by atoms with van der Waals surface area (Å²) in [4.78, 5) is 38.4. The number of halogens is 3. The number of rotatable bonds is 6. The van der Waals surface area contributed by atoms with Crippen molar-refractivity contribution in [1.82, 2.24) is 5.32 Å². The molecule has 2 aromatic rings. The lowest BCUT2D eigenvalue weighted by atomic mass is 10.1. The van der Waals surface area contributed by atoms with Crippen LogP contribution in [0.15, 0.2) is 30.3 Å². The van der Waals surface area contributed by atoms with E-state index in [4.69, 9.17) is 5.73 Å². The molecule has 0 saturated heterocycles. The van der Waals surface area contributed by atoms with Crippen LogP contribution >= 0.6 is 67.8 Å². The molecule has 2 aromatic carbocycles. The zero-order valence-corrected chi connectivity index (χ0v) is 21.1. The number of benzene rings is 2. The Kier molecular flexibility index (Phi) is 8.30. The van der Waals surface area contributed by atoms with Crippen LogP contribution in [0.25, 0.3) is 0 Å². The molecule has 28 heavy (non-hydrogen) atoms. The van der Waals surface area contributed by atoms with Crippen LogP contribution in [-0.4, -0.2) is 36.5 Å². The topological polar surface area (TPSA) is 113 Å². The van der Waals surface area contributed by atoms with Crippen molar-refractivity contribution in [2.24, 2.45) is 0 Å². The number of nitrogens with one attached hydrogen (secondary N) is 1. The van der Waals surface area contributed by atoms with Crippen LogP contribution in [0.1, 0.15) is 27.1 Å². The van der Waals surface area contributed by atoms with E-state index in [1.807, 2.05) is 73.8 Å². The number of hydrogen-bond acceptors (Lipinski definition) is 4. The molecule has 0 unspecified atom stereocenters. The van der Waals surface area contributed by atoms with Gasteiger partial charge in [-0.1, -0.05) is 18.2 Å². The molecule has 7 nitrogen and oxygen atoms in total. The fourth-order valence-electron chi connectivity index (χ4n) is 2.49. The molecule has 0 radical (unpaired) electrons. The van der Waals surface area contributed by atoms with Crippen molar-refractivity contribution >= 4 is 96.9 Å². The predicted octanol–water partition coefficient (Wildman–Crippen LogP) is 3.56. The van der Waals surface area contributed by atoms with Gasteiger partial charge in [-0.2, -0.15) is 0 Å². The van der Waals surface area contributed by atoms with Gasteiger partial charge in [-0.15, -0.1) is 0 Å². The standard InChI is InChI=1S/C18H16I3N3O4/c1-23-10(25)7-8-24(9-5-3-2-4-6-9)17(26)11-13(19)12(18(27)28)15(21)16(22)14(11)20/h2-6H,7-8,22H2,1H3,(H,23,25)(H,27,28). The zero-order valence-electron chi connectivity index (χ0n) is 14.6. The van der Waals surface area contributed by atoms with Crippen LogP contribution in [0.5, 0.6) is 0 Å². The zero-order chi connectivity index (χ0) is 21.0. The monoisotopic (exact) mass is 719 g/mol. The van der Waals surface area contributed by atoms with E-state index in [1.165, 1.54) is 11.9 Å². The van der Waals surface area contributed by atoms with Gasteiger partial charge in [-0.3, -0.25) is 9.59 Å². The van der Waals surface area contributed by atoms with Crippen molar-refractivity contribution in [2.45, 2.75) is 6.42 Å². The van der Waals surface area contributed by atoms with Crippen molar-refractivity contribution in [3.8, 4) is 0 Å². The number of hydrogen-bond donors (Lipinski definition) is 3. The molecule has 0 atom stereocenters. The van der Waals surface area contributed by atoms with Gasteiger partial charge in [0.25, 0.3) is 5.91 Å². The van der Waals surface area contributed by atoms with Crippen molar-refractivity contribution in [3.05, 3.63) is 52.2 Å². The average molecular weight is 719 g/mol. The Morgan fingerprint density at radius 3 is 2.14 bits per heavy atom. The molecular formula is C18H16I3N3O4. The van der Waals surface area contributed by atoms with E-state index in [-0.39, 0.29) is 35.7 Å². The van der Waals surface area contributed by atoms with Crippen molar-refractivity contribution in [1.29, 1.82) is 0 Å². The lowest BCUT2D eigenvalue weighted by Gasteiger charge is -2.25. The number of anilines is 2. The van der Waals surface area contributed by atoms with Crippen LogP contribution in [0.2, 0.25) is 0 Å². The molecule has 0 fully saturated rings. The Labute approximate surface area is 202 Å². The largest absolute Gasteiger partial charge is 0.478 e. The maximum atomic E-state index is 13.5. The molecule has 0 spiro atoms. The van der Waals surface area contributed by atoms with Crippen LogP contribution in [0.4, 0.5) is 11.4 Å². The maximum Gasteiger partial charge on any atom is 0.337 e. The van der Waals surface area contributed by atoms with Crippen LogP contribution in [-0.2, 0) is 4.79 Å². The summed E-state index contributed by atoms with van der Waals surface area (Å²) in [6, 6.07) is 8.92. The molecular weight excluding hydrogens is 703 g/mol. The summed E-state index contributed by atoms with van der Waals surface area (Å²) in [6.45, 7) is 0.142. The molecule has 0 aromatic heterocycles. The lowest BCUT2D eigenvalue weighted by Crippen LogP contribution is -2.36. The number of para-hydroxylation sites is 1. The van der Waals surface area contributed by atoms with Crippen molar-refractivity contribution in [2.75, 3.05) is 24.2 Å². The van der Waals surface area contributed by atoms with E-state index in [0.29, 0.717) is 16.4 Å². The van der Waals surface area contributed by atoms with E-state index in [2.05, 4.69) is 5.32 Å². The molecule has 2 rings (SSSR count). The lowest BCUT2D eigenvalue weighted by molar-refractivity contribution is -0.120. The first-order valence-corrected chi connectivity index (χ1v) is 11.2. The van der Waals surface area contributed by atoms with E-state index in [1.54, 1.807) is 24.3 Å². The minimum atomic E-state index is -1.15. The molecule has 2 amide bonds. The Morgan fingerprint density at radius 2 is 1.61 bits per heavy atom. The van der Waals surface area contributed by atoms with Gasteiger partial charge in [0.1, 0.15) is 0 Å². The van der Waals surface area contributed by atoms with Gasteiger partial charge in [0, 0.05) is 29.3 Å². The van der Waals surface area contributed by atoms with Gasteiger partial charge in [-0.05, 0) is 79.9 Å². The minimum Gasteiger partial charge on any atom is -0.478 e. The smallest absolute Gasteiger partial charge is 0.337 e. The van der Waals surface area contributed by atoms with E-state index >= 15 is 0 Å². The number of aromatic carboxylic acids is 1. The molecule has 0 aliphatic carbocycles. The predicted molar refractivity (Wildman–Crippen MR) is 133 cm³/mol. The highest BCUT2D eigenvalue weighted by molar-refractivity contribution is 14.1. The quantitative estimate of drug-likeness (QED) is 0.313. The highest BCUT2D eigenvalue weighted by atomic mass is 127. The van der Waals surface area contributed by atoms with Gasteiger partial charge in [-0.25, -0.2) is 4.79 Å². The highest BCUT2D eigenvalue weighted by Crippen LogP contribution is 2.35. The summed E-state index contributed by atoms with van der Waals surface area (Å²) in [6.07, 6.45) is 0.107. The number of nitrogens with zero attached hydrogens (tertiary/aromatic N) is 1. The number of carboxylic acid groups (broad SMARTS) is 1. The van der Waals surface area contributed by atoms with E-state index in [0.717, 1.165) is 0 Å². The third-order valence-electron chi connectivity index (χ3n) is 3.93. The third kappa shape index (κ3) is 4.87. The first kappa shape index (κ1) is 23.1. The van der Waals surface area contributed by atoms with Gasteiger partial charge in [0.05, 0.1) is 24.0 Å². The molecule has 0 aliphatic rings. The summed E-state index contributed by atoms with van der Waals surface area (Å²) in [5.41, 5.74) is 7.18. The van der Waals surface area contributed by atoms with E-state index < -0.39 is 11.9 Å². The van der Waals surface area contributed by atoms with Crippen LogP contribution in [0.3, 0.4) is 0 Å². The third-order valence-corrected chi connectivity index (χ3v) is 7.25. The molecule has 0 heterocycles. The second-order valence-electron chi connectivity index (χ2n) is 5.63. The molecule has 4 N–H and O–H groups in total. The Bertz CT molecular complexity index is 936. The summed E-state index contributed by atoms with van der Waals surface area (Å²) in [5, 5.41) is 12.1. The van der Waals surface area contributed by atoms with Crippen molar-refractivity contribution < 1.29 is 19.5 Å². The van der Waals surface area contributed by atoms with Crippen LogP contribution in [0, 0.1) is 10.7 Å². The van der Waals surface area contributed by atoms with E-state index in [9.17, 15) is 19.5 Å². The molecule has 0 saturated carbocycles. The van der Waals surface area contributed by atoms with Gasteiger partial charge < -0.3 is 21.1 Å². The number of carboxylic acids is 1. The molecule has 148 valence electrons. The number of carbonyl (C=O) groups is 3. The normalized spacial score (nSPS) is 10.4. The van der Waals surface area contributed by atoms with Gasteiger partial charge in [0.15, 0.2) is 0 Å². The molecule has 10 heteroatoms. The first-order valence-electron chi connectivity index (χ1n) is 7.97. The summed E-state index contributed by atoms with van der Waals surface area (Å²) in [7, 11) is 1.53. The van der Waals surface area contributed by atoms with Gasteiger partial charge in [0.2, 0.25) is 5.91 Å². The average Bonchev–Trinajstić information content (AvgIpc) is 2.67.